The molecule has 0 saturated carbocycles. The van der Waals surface area contributed by atoms with Crippen LogP contribution in [0.1, 0.15) is 19.5 Å². The summed E-state index contributed by atoms with van der Waals surface area (Å²) in [6, 6.07) is 0. The van der Waals surface area contributed by atoms with Gasteiger partial charge in [0.2, 0.25) is 0 Å². The molecule has 0 bridgehead atoms. The van der Waals surface area contributed by atoms with Gasteiger partial charge < -0.3 is 10.5 Å². The topological polar surface area (TPSA) is 48.1 Å². The Morgan fingerprint density at radius 2 is 2.27 bits per heavy atom. The van der Waals surface area contributed by atoms with Crippen molar-refractivity contribution < 1.29 is 4.74 Å². The summed E-state index contributed by atoms with van der Waals surface area (Å²) in [5.41, 5.74) is 6.05. The molecule has 0 saturated heterocycles. The molecule has 0 radical (unpaired) electrons. The highest BCUT2D eigenvalue weighted by molar-refractivity contribution is 7.13. The number of hydrogen-bond donors (Lipinski definition) is 1. The predicted molar refractivity (Wildman–Crippen MR) is 46.6 cm³/mol. The van der Waals surface area contributed by atoms with Gasteiger partial charge in [-0.2, -0.15) is 0 Å². The number of anilines is 1. The van der Waals surface area contributed by atoms with Gasteiger partial charge in [0, 0.05) is 12.5 Å². The lowest BCUT2D eigenvalue weighted by atomic mass is 10.1. The van der Waals surface area contributed by atoms with E-state index in [1.54, 1.807) is 7.11 Å². The van der Waals surface area contributed by atoms with Crippen LogP contribution in [0.15, 0.2) is 5.38 Å². The average molecular weight is 172 g/mol. The number of methoxy groups -OCH3 is 1. The first-order chi connectivity index (χ1) is 5.06. The van der Waals surface area contributed by atoms with E-state index in [1.165, 1.54) is 11.3 Å². The molecule has 0 unspecified atom stereocenters. The SMILES string of the molecule is COC(C)(C)c1csc(N)n1. The highest BCUT2D eigenvalue weighted by atomic mass is 32.1. The molecule has 0 aromatic carbocycles. The smallest absolute Gasteiger partial charge is 0.180 e. The summed E-state index contributed by atoms with van der Waals surface area (Å²) in [5, 5.41) is 2.50. The third kappa shape index (κ3) is 1.70. The summed E-state index contributed by atoms with van der Waals surface area (Å²) in [7, 11) is 1.66. The van der Waals surface area contributed by atoms with Gasteiger partial charge in [-0.25, -0.2) is 4.98 Å². The van der Waals surface area contributed by atoms with Crippen LogP contribution in [0.4, 0.5) is 5.13 Å². The highest BCUT2D eigenvalue weighted by Gasteiger charge is 2.22. The van der Waals surface area contributed by atoms with E-state index in [9.17, 15) is 0 Å². The predicted octanol–water partition coefficient (Wildman–Crippen LogP) is 1.61. The van der Waals surface area contributed by atoms with Gasteiger partial charge in [-0.15, -0.1) is 11.3 Å². The van der Waals surface area contributed by atoms with E-state index in [0.29, 0.717) is 5.13 Å². The van der Waals surface area contributed by atoms with Crippen molar-refractivity contribution in [2.45, 2.75) is 19.4 Å². The maximum absolute atomic E-state index is 5.48. The molecule has 4 heteroatoms. The van der Waals surface area contributed by atoms with Gasteiger partial charge in [0.05, 0.1) is 5.69 Å². The van der Waals surface area contributed by atoms with Gasteiger partial charge in [0.15, 0.2) is 5.13 Å². The van der Waals surface area contributed by atoms with Crippen molar-refractivity contribution >= 4 is 16.5 Å². The van der Waals surface area contributed by atoms with Crippen LogP contribution >= 0.6 is 11.3 Å². The fraction of sp³-hybridized carbons (Fsp3) is 0.571. The molecule has 0 fully saturated rings. The van der Waals surface area contributed by atoms with E-state index in [0.717, 1.165) is 5.69 Å². The van der Waals surface area contributed by atoms with Crippen LogP contribution in [0.25, 0.3) is 0 Å². The zero-order chi connectivity index (χ0) is 8.48. The van der Waals surface area contributed by atoms with Crippen LogP contribution in [0.3, 0.4) is 0 Å². The van der Waals surface area contributed by atoms with Crippen molar-refractivity contribution in [3.8, 4) is 0 Å². The first-order valence-corrected chi connectivity index (χ1v) is 4.21. The van der Waals surface area contributed by atoms with E-state index in [1.807, 2.05) is 19.2 Å². The Labute approximate surface area is 70.2 Å². The van der Waals surface area contributed by atoms with Gasteiger partial charge in [-0.05, 0) is 13.8 Å². The summed E-state index contributed by atoms with van der Waals surface area (Å²) >= 11 is 1.43. The summed E-state index contributed by atoms with van der Waals surface area (Å²) in [4.78, 5) is 4.12. The maximum atomic E-state index is 5.48. The quantitative estimate of drug-likeness (QED) is 0.737. The van der Waals surface area contributed by atoms with Crippen molar-refractivity contribution in [1.82, 2.24) is 4.98 Å². The number of nitrogen functional groups attached to an aromatic ring is 1. The minimum Gasteiger partial charge on any atom is -0.375 e. The molecule has 2 N–H and O–H groups in total. The van der Waals surface area contributed by atoms with Crippen LogP contribution < -0.4 is 5.73 Å². The van der Waals surface area contributed by atoms with Crippen molar-refractivity contribution in [3.05, 3.63) is 11.1 Å². The molecule has 0 aliphatic carbocycles. The molecule has 11 heavy (non-hydrogen) atoms. The molecule has 1 rings (SSSR count). The fourth-order valence-corrected chi connectivity index (χ4v) is 1.39. The number of nitrogens with two attached hydrogens (primary N) is 1. The van der Waals surface area contributed by atoms with Gasteiger partial charge in [0.25, 0.3) is 0 Å². The van der Waals surface area contributed by atoms with E-state index < -0.39 is 0 Å². The number of rotatable bonds is 2. The van der Waals surface area contributed by atoms with Gasteiger partial charge in [-0.1, -0.05) is 0 Å². The second-order valence-corrected chi connectivity index (χ2v) is 3.68. The third-order valence-corrected chi connectivity index (χ3v) is 2.32. The van der Waals surface area contributed by atoms with Crippen molar-refractivity contribution in [1.29, 1.82) is 0 Å². The zero-order valence-corrected chi connectivity index (χ0v) is 7.73. The molecule has 1 aromatic heterocycles. The first-order valence-electron chi connectivity index (χ1n) is 3.33. The molecule has 3 nitrogen and oxygen atoms in total. The lowest BCUT2D eigenvalue weighted by Crippen LogP contribution is -2.19. The molecule has 0 spiro atoms. The van der Waals surface area contributed by atoms with Gasteiger partial charge in [-0.3, -0.25) is 0 Å². The molecular formula is C7H12N2OS. The Balaban J connectivity index is 2.92. The first kappa shape index (κ1) is 8.49. The highest BCUT2D eigenvalue weighted by Crippen LogP contribution is 2.25. The fourth-order valence-electron chi connectivity index (χ4n) is 0.669. The number of aromatic nitrogens is 1. The number of thiazole rings is 1. The van der Waals surface area contributed by atoms with Gasteiger partial charge in [0.1, 0.15) is 5.60 Å². The van der Waals surface area contributed by atoms with E-state index in [2.05, 4.69) is 4.98 Å². The molecule has 0 aliphatic heterocycles. The standard InChI is InChI=1S/C7H12N2OS/c1-7(2,10-3)5-4-11-6(8)9-5/h4H,1-3H3,(H2,8,9). The van der Waals surface area contributed by atoms with Crippen LogP contribution in [-0.4, -0.2) is 12.1 Å². The normalized spacial score (nSPS) is 11.9. The monoisotopic (exact) mass is 172 g/mol. The van der Waals surface area contributed by atoms with E-state index >= 15 is 0 Å². The second kappa shape index (κ2) is 2.79. The number of hydrogen-bond acceptors (Lipinski definition) is 4. The Hall–Kier alpha value is -0.610. The summed E-state index contributed by atoms with van der Waals surface area (Å²) < 4.78 is 5.23. The molecule has 1 aromatic rings. The lowest BCUT2D eigenvalue weighted by Gasteiger charge is -2.19. The molecule has 1 heterocycles. The Morgan fingerprint density at radius 3 is 2.64 bits per heavy atom. The lowest BCUT2D eigenvalue weighted by molar-refractivity contribution is 0.0161. The molecule has 0 amide bonds. The van der Waals surface area contributed by atoms with E-state index in [4.69, 9.17) is 10.5 Å². The van der Waals surface area contributed by atoms with E-state index in [-0.39, 0.29) is 5.60 Å². The maximum Gasteiger partial charge on any atom is 0.180 e. The summed E-state index contributed by atoms with van der Waals surface area (Å²) in [6.07, 6.45) is 0. The second-order valence-electron chi connectivity index (χ2n) is 2.79. The summed E-state index contributed by atoms with van der Waals surface area (Å²) in [6.45, 7) is 3.92. The Morgan fingerprint density at radius 1 is 1.64 bits per heavy atom. The van der Waals surface area contributed by atoms with Crippen LogP contribution in [0.2, 0.25) is 0 Å². The average Bonchev–Trinajstić information content (AvgIpc) is 2.36. The van der Waals surface area contributed by atoms with Crippen LogP contribution in [0.5, 0.6) is 0 Å². The number of ether oxygens (including phenoxy) is 1. The minimum absolute atomic E-state index is 0.325. The Kier molecular flexibility index (Phi) is 2.15. The Bertz CT molecular complexity index is 244. The van der Waals surface area contributed by atoms with Crippen LogP contribution in [0, 0.1) is 0 Å². The third-order valence-electron chi connectivity index (χ3n) is 1.65. The van der Waals surface area contributed by atoms with Crippen molar-refractivity contribution in [2.75, 3.05) is 12.8 Å². The van der Waals surface area contributed by atoms with Crippen LogP contribution in [-0.2, 0) is 10.3 Å². The molecule has 62 valence electrons. The zero-order valence-electron chi connectivity index (χ0n) is 6.92. The summed E-state index contributed by atoms with van der Waals surface area (Å²) in [5.74, 6) is 0. The molecule has 0 aliphatic rings. The molecule has 0 atom stereocenters. The van der Waals surface area contributed by atoms with Crippen molar-refractivity contribution in [2.24, 2.45) is 0 Å². The molecular weight excluding hydrogens is 160 g/mol. The minimum atomic E-state index is -0.325. The van der Waals surface area contributed by atoms with Gasteiger partial charge >= 0.3 is 0 Å². The number of nitrogens with zero attached hydrogens (tertiary/aromatic N) is 1. The van der Waals surface area contributed by atoms with Crippen molar-refractivity contribution in [3.63, 3.8) is 0 Å². The largest absolute Gasteiger partial charge is 0.375 e.